The Balaban J connectivity index is 0.758. The SMILES string of the molecule is Cn1c2ccncc2c2ccc(-c3cnc(N4CC(OC5CCN(CCOc6ccc7c(c6)C(=O)N(C6CCC(=O)NC6=O)C7=O)CC5)C4)c(C(F)(F)F)c3)cc21. The quantitative estimate of drug-likeness (QED) is 0.204. The number of amides is 4. The highest BCUT2D eigenvalue weighted by atomic mass is 19.4. The van der Waals surface area contributed by atoms with Crippen LogP contribution in [0, 0.1) is 0 Å². The monoisotopic (exact) mass is 781 g/mol. The third kappa shape index (κ3) is 6.75. The van der Waals surface area contributed by atoms with Gasteiger partial charge in [-0.05, 0) is 61.2 Å². The first-order chi connectivity index (χ1) is 27.4. The van der Waals surface area contributed by atoms with Crippen LogP contribution in [0.15, 0.2) is 67.1 Å². The highest BCUT2D eigenvalue weighted by molar-refractivity contribution is 6.23. The summed E-state index contributed by atoms with van der Waals surface area (Å²) < 4.78 is 57.5. The van der Waals surface area contributed by atoms with E-state index in [1.54, 1.807) is 23.4 Å². The number of nitrogens with one attached hydrogen (secondary N) is 1. The number of rotatable bonds is 9. The summed E-state index contributed by atoms with van der Waals surface area (Å²) in [5, 5.41) is 4.15. The number of alkyl halides is 3. The van der Waals surface area contributed by atoms with Gasteiger partial charge in [0.1, 0.15) is 24.2 Å². The molecule has 9 rings (SSSR count). The molecule has 16 heteroatoms. The normalized spacial score (nSPS) is 19.8. The Bertz CT molecular complexity index is 2450. The molecule has 4 aliphatic rings. The third-order valence-corrected chi connectivity index (χ3v) is 11.5. The van der Waals surface area contributed by atoms with Crippen LogP contribution >= 0.6 is 0 Å². The second kappa shape index (κ2) is 14.3. The second-order valence-corrected chi connectivity index (χ2v) is 15.0. The van der Waals surface area contributed by atoms with Crippen molar-refractivity contribution in [1.82, 2.24) is 29.7 Å². The van der Waals surface area contributed by atoms with Gasteiger partial charge in [-0.15, -0.1) is 0 Å². The van der Waals surface area contributed by atoms with Gasteiger partial charge in [0.05, 0.1) is 34.4 Å². The van der Waals surface area contributed by atoms with Crippen LogP contribution in [0.2, 0.25) is 0 Å². The molecule has 5 aromatic rings. The number of hydrogen-bond acceptors (Lipinski definition) is 10. The molecule has 3 saturated heterocycles. The number of halogens is 3. The Morgan fingerprint density at radius 3 is 2.40 bits per heavy atom. The molecule has 1 atom stereocenters. The number of carbonyl (C=O) groups excluding carboxylic acids is 4. The number of nitrogens with zero attached hydrogens (tertiary/aromatic N) is 6. The van der Waals surface area contributed by atoms with Gasteiger partial charge in [0.2, 0.25) is 11.8 Å². The Hall–Kier alpha value is -5.87. The molecule has 0 radical (unpaired) electrons. The van der Waals surface area contributed by atoms with E-state index in [9.17, 15) is 32.3 Å². The number of ether oxygens (including phenoxy) is 2. The molecule has 3 aromatic heterocycles. The molecule has 1 N–H and O–H groups in total. The van der Waals surface area contributed by atoms with E-state index in [-0.39, 0.29) is 42.0 Å². The molecular weight excluding hydrogens is 743 g/mol. The number of hydrogen-bond donors (Lipinski definition) is 1. The Labute approximate surface area is 324 Å². The van der Waals surface area contributed by atoms with E-state index in [0.29, 0.717) is 43.1 Å². The Morgan fingerprint density at radius 2 is 1.63 bits per heavy atom. The van der Waals surface area contributed by atoms with Gasteiger partial charge in [-0.2, -0.15) is 13.2 Å². The molecule has 0 saturated carbocycles. The van der Waals surface area contributed by atoms with Crippen molar-refractivity contribution in [3.05, 3.63) is 83.8 Å². The van der Waals surface area contributed by atoms with Gasteiger partial charge in [0.15, 0.2) is 0 Å². The van der Waals surface area contributed by atoms with Crippen LogP contribution in [-0.2, 0) is 27.5 Å². The van der Waals surface area contributed by atoms with Gasteiger partial charge in [-0.3, -0.25) is 39.3 Å². The number of anilines is 1. The van der Waals surface area contributed by atoms with Gasteiger partial charge in [-0.25, -0.2) is 4.98 Å². The van der Waals surface area contributed by atoms with Crippen LogP contribution in [0.3, 0.4) is 0 Å². The van der Waals surface area contributed by atoms with Gasteiger partial charge >= 0.3 is 6.18 Å². The smallest absolute Gasteiger partial charge is 0.419 e. The minimum atomic E-state index is -4.59. The first-order valence-electron chi connectivity index (χ1n) is 18.9. The molecule has 0 spiro atoms. The van der Waals surface area contributed by atoms with E-state index in [1.165, 1.54) is 24.4 Å². The summed E-state index contributed by atoms with van der Waals surface area (Å²) in [5.41, 5.74) is 2.49. The highest BCUT2D eigenvalue weighted by Gasteiger charge is 2.45. The lowest BCUT2D eigenvalue weighted by Crippen LogP contribution is -2.55. The van der Waals surface area contributed by atoms with Crippen molar-refractivity contribution in [2.45, 2.75) is 50.1 Å². The van der Waals surface area contributed by atoms with Crippen LogP contribution in [0.4, 0.5) is 19.0 Å². The molecule has 3 fully saturated rings. The zero-order valence-electron chi connectivity index (χ0n) is 30.9. The molecule has 57 heavy (non-hydrogen) atoms. The number of imide groups is 2. The predicted octanol–water partition coefficient (Wildman–Crippen LogP) is 4.96. The minimum absolute atomic E-state index is 0.0147. The Kier molecular flexibility index (Phi) is 9.19. The molecule has 0 aliphatic carbocycles. The number of aryl methyl sites for hydroxylation is 1. The topological polar surface area (TPSA) is 139 Å². The molecule has 2 aromatic carbocycles. The van der Waals surface area contributed by atoms with Crippen molar-refractivity contribution in [3.63, 3.8) is 0 Å². The largest absolute Gasteiger partial charge is 0.492 e. The Morgan fingerprint density at radius 1 is 0.842 bits per heavy atom. The molecule has 0 bridgehead atoms. The summed E-state index contributed by atoms with van der Waals surface area (Å²) in [5.74, 6) is -1.93. The molecule has 4 amide bonds. The molecule has 294 valence electrons. The van der Waals surface area contributed by atoms with Crippen LogP contribution in [0.25, 0.3) is 32.9 Å². The molecule has 7 heterocycles. The average Bonchev–Trinajstić information content (AvgIpc) is 3.61. The number of benzene rings is 2. The van der Waals surface area contributed by atoms with E-state index >= 15 is 0 Å². The summed E-state index contributed by atoms with van der Waals surface area (Å²) >= 11 is 0. The number of fused-ring (bicyclic) bond motifs is 4. The number of carbonyl (C=O) groups is 4. The fraction of sp³-hybridized carbons (Fsp3) is 0.366. The maximum absolute atomic E-state index is 14.4. The van der Waals surface area contributed by atoms with Crippen molar-refractivity contribution in [3.8, 4) is 16.9 Å². The van der Waals surface area contributed by atoms with Crippen LogP contribution in [0.5, 0.6) is 5.75 Å². The van der Waals surface area contributed by atoms with Crippen LogP contribution in [-0.4, -0.2) is 106 Å². The van der Waals surface area contributed by atoms with Gasteiger partial charge < -0.3 is 18.9 Å². The highest BCUT2D eigenvalue weighted by Crippen LogP contribution is 2.40. The molecule has 4 aliphatic heterocycles. The summed E-state index contributed by atoms with van der Waals surface area (Å²) in [6.45, 7) is 3.10. The fourth-order valence-corrected chi connectivity index (χ4v) is 8.38. The lowest BCUT2D eigenvalue weighted by atomic mass is 10.0. The first-order valence-corrected chi connectivity index (χ1v) is 18.9. The molecule has 13 nitrogen and oxygen atoms in total. The second-order valence-electron chi connectivity index (χ2n) is 15.0. The van der Waals surface area contributed by atoms with Crippen molar-refractivity contribution in [2.75, 3.05) is 44.2 Å². The maximum atomic E-state index is 14.4. The summed E-state index contributed by atoms with van der Waals surface area (Å²) in [7, 11) is 1.93. The number of aromatic nitrogens is 3. The van der Waals surface area contributed by atoms with Gasteiger partial charge in [-0.1, -0.05) is 12.1 Å². The fourth-order valence-electron chi connectivity index (χ4n) is 8.38. The lowest BCUT2D eigenvalue weighted by Gasteiger charge is -2.43. The van der Waals surface area contributed by atoms with E-state index in [4.69, 9.17) is 9.47 Å². The van der Waals surface area contributed by atoms with Crippen molar-refractivity contribution in [1.29, 1.82) is 0 Å². The predicted molar refractivity (Wildman–Crippen MR) is 202 cm³/mol. The minimum Gasteiger partial charge on any atom is -0.492 e. The van der Waals surface area contributed by atoms with Crippen molar-refractivity contribution in [2.24, 2.45) is 7.05 Å². The standard InChI is InChI=1S/C41H38F3N7O6/c1-48-33-8-11-45-20-31(33)28-4-2-23(17-35(28)48)24-16-32(41(42,43)44)37(46-19-24)50-21-27(22-50)57-25-9-12-49(13-10-25)14-15-56-26-3-5-29-30(18-26)40(55)51(39(29)54)34-6-7-36(52)47-38(34)53/h2-5,8,11,16-20,25,27,34H,6-7,9-10,12-15,21-22H2,1H3,(H,47,52,53). The number of piperidine rings is 2. The third-order valence-electron chi connectivity index (χ3n) is 11.5. The lowest BCUT2D eigenvalue weighted by molar-refractivity contribution is -0.138. The van der Waals surface area contributed by atoms with Crippen LogP contribution < -0.4 is 15.0 Å². The summed E-state index contributed by atoms with van der Waals surface area (Å²) in [6.07, 6.45) is 1.87. The zero-order chi connectivity index (χ0) is 39.6. The van der Waals surface area contributed by atoms with E-state index in [0.717, 1.165) is 52.6 Å². The summed E-state index contributed by atoms with van der Waals surface area (Å²) in [4.78, 5) is 63.3. The maximum Gasteiger partial charge on any atom is 0.419 e. The van der Waals surface area contributed by atoms with Gasteiger partial charge in [0.25, 0.3) is 11.8 Å². The van der Waals surface area contributed by atoms with Crippen molar-refractivity contribution < 1.29 is 41.8 Å². The van der Waals surface area contributed by atoms with Crippen LogP contribution in [0.1, 0.15) is 52.0 Å². The number of pyridine rings is 2. The van der Waals surface area contributed by atoms with E-state index in [1.807, 2.05) is 35.9 Å². The number of likely N-dealkylation sites (tertiary alicyclic amines) is 1. The summed E-state index contributed by atoms with van der Waals surface area (Å²) in [6, 6.07) is 12.3. The molecule has 1 unspecified atom stereocenters. The van der Waals surface area contributed by atoms with Crippen molar-refractivity contribution >= 4 is 51.3 Å². The van der Waals surface area contributed by atoms with E-state index < -0.39 is 41.4 Å². The van der Waals surface area contributed by atoms with E-state index in [2.05, 4.69) is 20.2 Å². The molecular formula is C41H38F3N7O6. The average molecular weight is 782 g/mol. The zero-order valence-corrected chi connectivity index (χ0v) is 30.9. The van der Waals surface area contributed by atoms with Gasteiger partial charge in [0, 0.05) is 86.6 Å². The first kappa shape index (κ1) is 36.7.